The van der Waals surface area contributed by atoms with E-state index in [2.05, 4.69) is 10.3 Å². The van der Waals surface area contributed by atoms with Gasteiger partial charge in [-0.05, 0) is 49.9 Å². The second kappa shape index (κ2) is 8.61. The van der Waals surface area contributed by atoms with E-state index in [1.807, 2.05) is 0 Å². The van der Waals surface area contributed by atoms with E-state index in [4.69, 9.17) is 4.74 Å². The number of ether oxygens (including phenoxy) is 1. The summed E-state index contributed by atoms with van der Waals surface area (Å²) in [4.78, 5) is 29.6. The Morgan fingerprint density at radius 3 is 2.67 bits per heavy atom. The zero-order valence-corrected chi connectivity index (χ0v) is 16.3. The lowest BCUT2D eigenvalue weighted by Crippen LogP contribution is -2.37. The van der Waals surface area contributed by atoms with Crippen molar-refractivity contribution in [3.8, 4) is 10.6 Å². The van der Waals surface area contributed by atoms with Crippen LogP contribution in [0.15, 0.2) is 24.3 Å². The smallest absolute Gasteiger partial charge is 0.309 e. The second-order valence-electron chi connectivity index (χ2n) is 6.82. The minimum atomic E-state index is -0.308. The zero-order chi connectivity index (χ0) is 19.4. The minimum Gasteiger partial charge on any atom is -0.469 e. The third-order valence-electron chi connectivity index (χ3n) is 5.03. The van der Waals surface area contributed by atoms with Crippen molar-refractivity contribution in [2.24, 2.45) is 11.8 Å². The van der Waals surface area contributed by atoms with Crippen molar-refractivity contribution in [3.63, 3.8) is 0 Å². The normalized spacial score (nSPS) is 19.5. The van der Waals surface area contributed by atoms with Gasteiger partial charge in [-0.1, -0.05) is 12.8 Å². The molecule has 144 valence electrons. The van der Waals surface area contributed by atoms with E-state index >= 15 is 0 Å². The Hall–Kier alpha value is -2.28. The number of hydrogen-bond donors (Lipinski definition) is 1. The fourth-order valence-electron chi connectivity index (χ4n) is 3.54. The number of nitrogens with one attached hydrogen (secondary N) is 1. The van der Waals surface area contributed by atoms with Crippen molar-refractivity contribution >= 4 is 23.2 Å². The minimum absolute atomic E-state index is 0.0972. The number of hydrogen-bond acceptors (Lipinski definition) is 5. The lowest BCUT2D eigenvalue weighted by atomic mass is 9.79. The van der Waals surface area contributed by atoms with Crippen molar-refractivity contribution in [1.82, 2.24) is 10.3 Å². The molecule has 1 aromatic carbocycles. The molecule has 0 aliphatic heterocycles. The molecule has 3 rings (SSSR count). The van der Waals surface area contributed by atoms with Crippen LogP contribution in [-0.2, 0) is 9.53 Å². The van der Waals surface area contributed by atoms with E-state index in [1.165, 1.54) is 30.6 Å². The Kier molecular flexibility index (Phi) is 6.21. The van der Waals surface area contributed by atoms with Gasteiger partial charge in [0.2, 0.25) is 0 Å². The highest BCUT2D eigenvalue weighted by atomic mass is 32.1. The number of amides is 1. The molecular weight excluding hydrogens is 367 g/mol. The average Bonchev–Trinajstić information content (AvgIpc) is 3.08. The standard InChI is InChI=1S/C20H23FN2O3S/c1-12-17(27-19(23-12)13-7-9-15(21)10-8-13)18(24)22-11-14-5-3-4-6-16(14)20(25)26-2/h7-10,14,16H,3-6,11H2,1-2H3,(H,22,24). The van der Waals surface area contributed by atoms with Gasteiger partial charge in [-0.2, -0.15) is 0 Å². The summed E-state index contributed by atoms with van der Waals surface area (Å²) in [6.45, 7) is 2.23. The van der Waals surface area contributed by atoms with E-state index in [1.54, 1.807) is 19.1 Å². The molecule has 1 heterocycles. The number of nitrogens with zero attached hydrogens (tertiary/aromatic N) is 1. The Labute approximate surface area is 162 Å². The highest BCUT2D eigenvalue weighted by Gasteiger charge is 2.32. The molecule has 27 heavy (non-hydrogen) atoms. The van der Waals surface area contributed by atoms with Crippen LogP contribution < -0.4 is 5.32 Å². The average molecular weight is 390 g/mol. The maximum Gasteiger partial charge on any atom is 0.309 e. The summed E-state index contributed by atoms with van der Waals surface area (Å²) in [5.41, 5.74) is 1.42. The van der Waals surface area contributed by atoms with Gasteiger partial charge in [0.15, 0.2) is 0 Å². The fraction of sp³-hybridized carbons (Fsp3) is 0.450. The summed E-state index contributed by atoms with van der Waals surface area (Å²) >= 11 is 1.29. The molecule has 1 aromatic heterocycles. The molecule has 1 saturated carbocycles. The van der Waals surface area contributed by atoms with Crippen LogP contribution in [0.2, 0.25) is 0 Å². The lowest BCUT2D eigenvalue weighted by Gasteiger charge is -2.29. The fourth-order valence-corrected chi connectivity index (χ4v) is 4.53. The van der Waals surface area contributed by atoms with Crippen LogP contribution in [0.5, 0.6) is 0 Å². The van der Waals surface area contributed by atoms with E-state index in [-0.39, 0.29) is 29.5 Å². The number of halogens is 1. The van der Waals surface area contributed by atoms with Crippen molar-refractivity contribution in [2.75, 3.05) is 13.7 Å². The van der Waals surface area contributed by atoms with Gasteiger partial charge in [0.1, 0.15) is 15.7 Å². The largest absolute Gasteiger partial charge is 0.469 e. The second-order valence-corrected chi connectivity index (χ2v) is 7.82. The molecule has 0 spiro atoms. The molecule has 2 atom stereocenters. The maximum absolute atomic E-state index is 13.1. The molecule has 1 fully saturated rings. The number of aryl methyl sites for hydroxylation is 1. The van der Waals surface area contributed by atoms with Crippen molar-refractivity contribution in [2.45, 2.75) is 32.6 Å². The lowest BCUT2D eigenvalue weighted by molar-refractivity contribution is -0.148. The maximum atomic E-state index is 13.1. The third kappa shape index (κ3) is 4.53. The van der Waals surface area contributed by atoms with Gasteiger partial charge in [0.05, 0.1) is 18.7 Å². The predicted molar refractivity (Wildman–Crippen MR) is 102 cm³/mol. The van der Waals surface area contributed by atoms with E-state index in [0.29, 0.717) is 22.1 Å². The van der Waals surface area contributed by atoms with Gasteiger partial charge in [0.25, 0.3) is 5.91 Å². The number of thiazole rings is 1. The number of rotatable bonds is 5. The van der Waals surface area contributed by atoms with Crippen LogP contribution in [0.1, 0.15) is 41.0 Å². The first kappa shape index (κ1) is 19.5. The SMILES string of the molecule is COC(=O)C1CCCCC1CNC(=O)c1sc(-c2ccc(F)cc2)nc1C. The van der Waals surface area contributed by atoms with E-state index in [0.717, 1.165) is 31.2 Å². The summed E-state index contributed by atoms with van der Waals surface area (Å²) in [6, 6.07) is 6.06. The number of benzene rings is 1. The first-order chi connectivity index (χ1) is 13.0. The first-order valence-electron chi connectivity index (χ1n) is 9.09. The molecule has 1 aliphatic carbocycles. The Balaban J connectivity index is 1.67. The molecule has 0 saturated heterocycles. The molecule has 7 heteroatoms. The van der Waals surface area contributed by atoms with E-state index in [9.17, 15) is 14.0 Å². The summed E-state index contributed by atoms with van der Waals surface area (Å²) in [5.74, 6) is -0.743. The van der Waals surface area contributed by atoms with Gasteiger partial charge >= 0.3 is 5.97 Å². The number of methoxy groups -OCH3 is 1. The summed E-state index contributed by atoms with van der Waals surface area (Å²) in [5, 5.41) is 3.64. The highest BCUT2D eigenvalue weighted by Crippen LogP contribution is 2.31. The monoisotopic (exact) mass is 390 g/mol. The summed E-state index contributed by atoms with van der Waals surface area (Å²) in [7, 11) is 1.41. The Morgan fingerprint density at radius 2 is 1.96 bits per heavy atom. The molecule has 1 amide bonds. The molecule has 1 N–H and O–H groups in total. The molecule has 2 aromatic rings. The van der Waals surface area contributed by atoms with Crippen molar-refractivity contribution in [1.29, 1.82) is 0 Å². The quantitative estimate of drug-likeness (QED) is 0.785. The zero-order valence-electron chi connectivity index (χ0n) is 15.5. The highest BCUT2D eigenvalue weighted by molar-refractivity contribution is 7.17. The van der Waals surface area contributed by atoms with Crippen LogP contribution in [0.3, 0.4) is 0 Å². The Morgan fingerprint density at radius 1 is 1.26 bits per heavy atom. The number of aromatic nitrogens is 1. The molecule has 0 radical (unpaired) electrons. The van der Waals surface area contributed by atoms with E-state index < -0.39 is 0 Å². The first-order valence-corrected chi connectivity index (χ1v) is 9.90. The summed E-state index contributed by atoms with van der Waals surface area (Å²) < 4.78 is 18.0. The van der Waals surface area contributed by atoms with Crippen LogP contribution in [-0.4, -0.2) is 30.5 Å². The number of carbonyl (C=O) groups is 2. The van der Waals surface area contributed by atoms with Crippen LogP contribution in [0, 0.1) is 24.6 Å². The molecular formula is C20H23FN2O3S. The molecule has 0 bridgehead atoms. The van der Waals surface area contributed by atoms with Gasteiger partial charge in [-0.3, -0.25) is 9.59 Å². The summed E-state index contributed by atoms with van der Waals surface area (Å²) in [6.07, 6.45) is 3.78. The molecule has 2 unspecified atom stereocenters. The molecule has 1 aliphatic rings. The topological polar surface area (TPSA) is 68.3 Å². The van der Waals surface area contributed by atoms with Gasteiger partial charge < -0.3 is 10.1 Å². The van der Waals surface area contributed by atoms with Gasteiger partial charge in [0, 0.05) is 12.1 Å². The van der Waals surface area contributed by atoms with Crippen LogP contribution in [0.25, 0.3) is 10.6 Å². The van der Waals surface area contributed by atoms with Crippen molar-refractivity contribution < 1.29 is 18.7 Å². The molecule has 5 nitrogen and oxygen atoms in total. The number of esters is 1. The van der Waals surface area contributed by atoms with Crippen LogP contribution >= 0.6 is 11.3 Å². The van der Waals surface area contributed by atoms with Gasteiger partial charge in [-0.15, -0.1) is 11.3 Å². The van der Waals surface area contributed by atoms with Gasteiger partial charge in [-0.25, -0.2) is 9.37 Å². The third-order valence-corrected chi connectivity index (χ3v) is 6.24. The van der Waals surface area contributed by atoms with Crippen molar-refractivity contribution in [3.05, 3.63) is 40.7 Å². The Bertz CT molecular complexity index is 819. The number of carbonyl (C=O) groups excluding carboxylic acids is 2. The van der Waals surface area contributed by atoms with Crippen LogP contribution in [0.4, 0.5) is 4.39 Å². The predicted octanol–water partition coefficient (Wildman–Crippen LogP) is 3.97.